The zero-order chi connectivity index (χ0) is 10.3. The minimum atomic E-state index is 0.686. The average molecular weight is 203 g/mol. The number of nitrogen functional groups attached to an aromatic ring is 1. The highest BCUT2D eigenvalue weighted by atomic mass is 15.3. The summed E-state index contributed by atoms with van der Waals surface area (Å²) in [5, 5.41) is 11.6. The van der Waals surface area contributed by atoms with Crippen molar-refractivity contribution in [3.8, 4) is 0 Å². The van der Waals surface area contributed by atoms with Crippen LogP contribution in [0.15, 0.2) is 18.3 Å². The summed E-state index contributed by atoms with van der Waals surface area (Å²) in [5.74, 6) is 0.942. The van der Waals surface area contributed by atoms with Crippen LogP contribution in [0.5, 0.6) is 0 Å². The Morgan fingerprint density at radius 2 is 2.33 bits per heavy atom. The van der Waals surface area contributed by atoms with Gasteiger partial charge in [-0.3, -0.25) is 4.40 Å². The van der Waals surface area contributed by atoms with Gasteiger partial charge in [0.2, 0.25) is 0 Å². The van der Waals surface area contributed by atoms with Crippen LogP contribution >= 0.6 is 0 Å². The highest BCUT2D eigenvalue weighted by Crippen LogP contribution is 2.19. The number of pyridine rings is 1. The van der Waals surface area contributed by atoms with Gasteiger partial charge in [-0.1, -0.05) is 0 Å². The van der Waals surface area contributed by atoms with Gasteiger partial charge in [-0.25, -0.2) is 0 Å². The van der Waals surface area contributed by atoms with Crippen LogP contribution in [0.2, 0.25) is 0 Å². The summed E-state index contributed by atoms with van der Waals surface area (Å²) in [6.45, 7) is 0.774. The lowest BCUT2D eigenvalue weighted by Crippen LogP contribution is -2.17. The van der Waals surface area contributed by atoms with Crippen LogP contribution in [0.25, 0.3) is 5.65 Å². The molecular formula is C10H13N5. The van der Waals surface area contributed by atoms with Crippen LogP contribution < -0.4 is 11.1 Å². The van der Waals surface area contributed by atoms with Crippen LogP contribution in [0.4, 0.5) is 5.69 Å². The van der Waals surface area contributed by atoms with E-state index in [-0.39, 0.29) is 0 Å². The Morgan fingerprint density at radius 3 is 3.13 bits per heavy atom. The summed E-state index contributed by atoms with van der Waals surface area (Å²) < 4.78 is 1.96. The molecule has 3 N–H and O–H groups in total. The van der Waals surface area contributed by atoms with Gasteiger partial charge in [0.15, 0.2) is 11.5 Å². The maximum Gasteiger partial charge on any atom is 0.162 e. The third kappa shape index (κ3) is 1.66. The monoisotopic (exact) mass is 203 g/mol. The molecular weight excluding hydrogens is 190 g/mol. The Bertz CT molecular complexity index is 486. The molecule has 2 aromatic rings. The predicted molar refractivity (Wildman–Crippen MR) is 57.3 cm³/mol. The van der Waals surface area contributed by atoms with Crippen LogP contribution in [0.3, 0.4) is 0 Å². The fraction of sp³-hybridized carbons (Fsp3) is 0.400. The second-order valence-electron chi connectivity index (χ2n) is 3.96. The first-order chi connectivity index (χ1) is 7.33. The minimum absolute atomic E-state index is 0.686. The first-order valence-corrected chi connectivity index (χ1v) is 5.15. The molecule has 0 aliphatic heterocycles. The summed E-state index contributed by atoms with van der Waals surface area (Å²) >= 11 is 0. The highest BCUT2D eigenvalue weighted by molar-refractivity contribution is 5.51. The van der Waals surface area contributed by atoms with Crippen LogP contribution in [-0.2, 0) is 6.54 Å². The lowest BCUT2D eigenvalue weighted by atomic mass is 10.4. The van der Waals surface area contributed by atoms with Crippen LogP contribution in [0.1, 0.15) is 18.7 Å². The number of nitrogens with two attached hydrogens (primary N) is 1. The third-order valence-corrected chi connectivity index (χ3v) is 2.63. The molecule has 0 saturated heterocycles. The van der Waals surface area contributed by atoms with Crippen molar-refractivity contribution in [2.24, 2.45) is 0 Å². The van der Waals surface area contributed by atoms with E-state index in [4.69, 9.17) is 5.73 Å². The van der Waals surface area contributed by atoms with Gasteiger partial charge >= 0.3 is 0 Å². The number of nitrogens with one attached hydrogen (secondary N) is 1. The highest BCUT2D eigenvalue weighted by Gasteiger charge is 2.20. The zero-order valence-corrected chi connectivity index (χ0v) is 8.35. The van der Waals surface area contributed by atoms with E-state index in [2.05, 4.69) is 15.5 Å². The molecule has 0 amide bonds. The van der Waals surface area contributed by atoms with Gasteiger partial charge < -0.3 is 11.1 Å². The molecule has 3 rings (SSSR count). The van der Waals surface area contributed by atoms with Crippen LogP contribution in [0, 0.1) is 0 Å². The Morgan fingerprint density at radius 1 is 1.47 bits per heavy atom. The summed E-state index contributed by atoms with van der Waals surface area (Å²) in [6, 6.07) is 4.37. The Balaban J connectivity index is 1.89. The second-order valence-corrected chi connectivity index (χ2v) is 3.96. The molecule has 0 bridgehead atoms. The number of hydrogen-bond donors (Lipinski definition) is 2. The van der Waals surface area contributed by atoms with Crippen molar-refractivity contribution in [3.05, 3.63) is 24.2 Å². The predicted octanol–water partition coefficient (Wildman–Crippen LogP) is 0.563. The standard InChI is InChI=1S/C10H13N5/c11-7-3-4-15-9(5-7)13-14-10(15)6-12-8-1-2-8/h3-5,8,12H,1-2,6,11H2. The Labute approximate surface area is 87.3 Å². The fourth-order valence-corrected chi connectivity index (χ4v) is 1.60. The second kappa shape index (κ2) is 3.20. The largest absolute Gasteiger partial charge is 0.399 e. The minimum Gasteiger partial charge on any atom is -0.399 e. The molecule has 0 unspecified atom stereocenters. The zero-order valence-electron chi connectivity index (χ0n) is 8.35. The smallest absolute Gasteiger partial charge is 0.162 e. The third-order valence-electron chi connectivity index (χ3n) is 2.63. The number of nitrogens with zero attached hydrogens (tertiary/aromatic N) is 3. The van der Waals surface area contributed by atoms with Gasteiger partial charge in [-0.15, -0.1) is 10.2 Å². The van der Waals surface area contributed by atoms with E-state index in [1.807, 2.05) is 22.7 Å². The molecule has 1 aliphatic carbocycles. The topological polar surface area (TPSA) is 68.2 Å². The van der Waals surface area contributed by atoms with E-state index in [0.29, 0.717) is 6.04 Å². The van der Waals surface area contributed by atoms with E-state index in [9.17, 15) is 0 Å². The molecule has 0 atom stereocenters. The summed E-state index contributed by atoms with van der Waals surface area (Å²) in [5.41, 5.74) is 7.20. The maximum absolute atomic E-state index is 5.67. The number of rotatable bonds is 3. The normalized spacial score (nSPS) is 16.0. The molecule has 0 aromatic carbocycles. The molecule has 78 valence electrons. The quantitative estimate of drug-likeness (QED) is 0.765. The van der Waals surface area contributed by atoms with Gasteiger partial charge in [0, 0.05) is 24.0 Å². The van der Waals surface area contributed by atoms with E-state index in [0.717, 1.165) is 23.7 Å². The van der Waals surface area contributed by atoms with Crippen molar-refractivity contribution >= 4 is 11.3 Å². The number of fused-ring (bicyclic) bond motifs is 1. The van der Waals surface area contributed by atoms with Crippen molar-refractivity contribution in [1.82, 2.24) is 19.9 Å². The first kappa shape index (κ1) is 8.67. The first-order valence-electron chi connectivity index (χ1n) is 5.15. The molecule has 0 spiro atoms. The molecule has 5 heteroatoms. The number of anilines is 1. The van der Waals surface area contributed by atoms with Crippen molar-refractivity contribution in [2.45, 2.75) is 25.4 Å². The van der Waals surface area contributed by atoms with Crippen molar-refractivity contribution < 1.29 is 0 Å². The fourth-order valence-electron chi connectivity index (χ4n) is 1.60. The number of aromatic nitrogens is 3. The molecule has 15 heavy (non-hydrogen) atoms. The Hall–Kier alpha value is -1.62. The number of hydrogen-bond acceptors (Lipinski definition) is 4. The maximum atomic E-state index is 5.67. The van der Waals surface area contributed by atoms with Crippen molar-refractivity contribution in [2.75, 3.05) is 5.73 Å². The van der Waals surface area contributed by atoms with E-state index in [1.54, 1.807) is 0 Å². The average Bonchev–Trinajstić information content (AvgIpc) is 2.97. The van der Waals surface area contributed by atoms with Crippen molar-refractivity contribution in [3.63, 3.8) is 0 Å². The van der Waals surface area contributed by atoms with Gasteiger partial charge in [0.1, 0.15) is 0 Å². The molecule has 0 radical (unpaired) electrons. The molecule has 5 nitrogen and oxygen atoms in total. The molecule has 1 aliphatic rings. The van der Waals surface area contributed by atoms with Crippen molar-refractivity contribution in [1.29, 1.82) is 0 Å². The van der Waals surface area contributed by atoms with Gasteiger partial charge in [0.25, 0.3) is 0 Å². The molecule has 1 saturated carbocycles. The SMILES string of the molecule is Nc1ccn2c(CNC3CC3)nnc2c1. The van der Waals surface area contributed by atoms with E-state index < -0.39 is 0 Å². The lowest BCUT2D eigenvalue weighted by molar-refractivity contribution is 0.652. The molecule has 1 fully saturated rings. The van der Waals surface area contributed by atoms with Gasteiger partial charge in [-0.2, -0.15) is 0 Å². The summed E-state index contributed by atoms with van der Waals surface area (Å²) in [6.07, 6.45) is 4.47. The lowest BCUT2D eigenvalue weighted by Gasteiger charge is -2.01. The van der Waals surface area contributed by atoms with Crippen LogP contribution in [-0.4, -0.2) is 20.6 Å². The Kier molecular flexibility index (Phi) is 1.85. The molecule has 2 aromatic heterocycles. The van der Waals surface area contributed by atoms with Gasteiger partial charge in [-0.05, 0) is 18.9 Å². The summed E-state index contributed by atoms with van der Waals surface area (Å²) in [7, 11) is 0. The molecule has 2 heterocycles. The van der Waals surface area contributed by atoms with Gasteiger partial charge in [0.05, 0.1) is 6.54 Å². The summed E-state index contributed by atoms with van der Waals surface area (Å²) in [4.78, 5) is 0. The van der Waals surface area contributed by atoms with E-state index in [1.165, 1.54) is 12.8 Å². The van der Waals surface area contributed by atoms with E-state index >= 15 is 0 Å².